The van der Waals surface area contributed by atoms with E-state index in [0.29, 0.717) is 17.9 Å². The Labute approximate surface area is 165 Å². The molecule has 2 aromatic carbocycles. The highest BCUT2D eigenvalue weighted by Crippen LogP contribution is 2.48. The summed E-state index contributed by atoms with van der Waals surface area (Å²) in [6, 6.07) is 21.9. The number of piperidine rings is 1. The molecule has 140 valence electrons. The van der Waals surface area contributed by atoms with Crippen LogP contribution in [0.15, 0.2) is 60.7 Å². The van der Waals surface area contributed by atoms with Crippen molar-refractivity contribution in [1.29, 1.82) is 0 Å². The first kappa shape index (κ1) is 16.1. The molecule has 4 aliphatic rings. The van der Waals surface area contributed by atoms with Crippen molar-refractivity contribution in [2.24, 2.45) is 0 Å². The third-order valence-corrected chi connectivity index (χ3v) is 6.39. The highest BCUT2D eigenvalue weighted by Gasteiger charge is 2.39. The number of fused-ring (bicyclic) bond motifs is 2. The van der Waals surface area contributed by atoms with Gasteiger partial charge in [-0.05, 0) is 48.9 Å². The lowest BCUT2D eigenvalue weighted by atomic mass is 9.75. The third kappa shape index (κ3) is 2.75. The minimum Gasteiger partial charge on any atom is -0.349 e. The smallest absolute Gasteiger partial charge is 0.136 e. The molecule has 3 heterocycles. The summed E-state index contributed by atoms with van der Waals surface area (Å²) < 4.78 is 0. The second kappa shape index (κ2) is 6.33. The maximum absolute atomic E-state index is 5.03. The highest BCUT2D eigenvalue weighted by molar-refractivity contribution is 5.61. The maximum Gasteiger partial charge on any atom is 0.136 e. The van der Waals surface area contributed by atoms with Crippen molar-refractivity contribution >= 4 is 17.3 Å². The quantitative estimate of drug-likeness (QED) is 0.657. The molecule has 2 aliphatic heterocycles. The number of rotatable bonds is 4. The summed E-state index contributed by atoms with van der Waals surface area (Å²) in [4.78, 5) is 12.4. The lowest BCUT2D eigenvalue weighted by Gasteiger charge is -2.47. The van der Waals surface area contributed by atoms with Crippen LogP contribution < -0.4 is 10.2 Å². The molecule has 2 atom stereocenters. The van der Waals surface area contributed by atoms with E-state index in [1.54, 1.807) is 5.56 Å². The lowest BCUT2D eigenvalue weighted by Crippen LogP contribution is -2.43. The Morgan fingerprint density at radius 1 is 0.786 bits per heavy atom. The second-order valence-electron chi connectivity index (χ2n) is 8.31. The van der Waals surface area contributed by atoms with Crippen LogP contribution in [-0.4, -0.2) is 16.5 Å². The summed E-state index contributed by atoms with van der Waals surface area (Å²) in [6.07, 6.45) is 4.92. The van der Waals surface area contributed by atoms with Crippen molar-refractivity contribution in [2.45, 2.75) is 43.6 Å². The van der Waals surface area contributed by atoms with Crippen molar-refractivity contribution in [2.75, 3.05) is 16.8 Å². The zero-order valence-corrected chi connectivity index (χ0v) is 15.9. The number of nitrogens with one attached hydrogen (secondary N) is 1. The van der Waals surface area contributed by atoms with E-state index in [2.05, 4.69) is 52.7 Å². The molecule has 0 spiro atoms. The van der Waals surface area contributed by atoms with Gasteiger partial charge in [0, 0.05) is 30.1 Å². The van der Waals surface area contributed by atoms with Gasteiger partial charge >= 0.3 is 0 Å². The molecule has 1 aromatic heterocycles. The van der Waals surface area contributed by atoms with E-state index in [1.165, 1.54) is 31.2 Å². The van der Waals surface area contributed by atoms with E-state index in [-0.39, 0.29) is 0 Å². The van der Waals surface area contributed by atoms with E-state index in [0.717, 1.165) is 29.7 Å². The number of benzene rings is 2. The van der Waals surface area contributed by atoms with Crippen LogP contribution in [0.2, 0.25) is 0 Å². The number of aromatic nitrogens is 2. The van der Waals surface area contributed by atoms with Crippen LogP contribution in [0.3, 0.4) is 0 Å². The van der Waals surface area contributed by atoms with Gasteiger partial charge in [-0.15, -0.1) is 0 Å². The van der Waals surface area contributed by atoms with Crippen molar-refractivity contribution in [1.82, 2.24) is 9.97 Å². The molecule has 2 bridgehead atoms. The molecule has 4 nitrogen and oxygen atoms in total. The van der Waals surface area contributed by atoms with Crippen LogP contribution in [0.1, 0.15) is 60.5 Å². The minimum atomic E-state index is 0.438. The highest BCUT2D eigenvalue weighted by atomic mass is 15.2. The lowest BCUT2D eigenvalue weighted by molar-refractivity contribution is 0.387. The molecule has 0 amide bonds. The molecule has 0 radical (unpaired) electrons. The molecule has 1 saturated carbocycles. The van der Waals surface area contributed by atoms with E-state index in [1.807, 2.05) is 18.2 Å². The first-order chi connectivity index (χ1) is 13.8. The van der Waals surface area contributed by atoms with Gasteiger partial charge in [-0.1, -0.05) is 42.5 Å². The summed E-state index contributed by atoms with van der Waals surface area (Å²) in [5.41, 5.74) is 4.11. The average molecular weight is 368 g/mol. The molecule has 28 heavy (non-hydrogen) atoms. The van der Waals surface area contributed by atoms with Gasteiger partial charge in [-0.2, -0.15) is 0 Å². The van der Waals surface area contributed by atoms with Crippen LogP contribution in [0.4, 0.5) is 17.3 Å². The van der Waals surface area contributed by atoms with E-state index < -0.39 is 0 Å². The van der Waals surface area contributed by atoms with Gasteiger partial charge in [0.25, 0.3) is 0 Å². The van der Waals surface area contributed by atoms with E-state index in [9.17, 15) is 0 Å². The Morgan fingerprint density at radius 2 is 1.54 bits per heavy atom. The van der Waals surface area contributed by atoms with Crippen molar-refractivity contribution in [3.05, 3.63) is 77.6 Å². The van der Waals surface area contributed by atoms with E-state index in [4.69, 9.17) is 9.97 Å². The fourth-order valence-corrected chi connectivity index (χ4v) is 4.84. The first-order valence-corrected chi connectivity index (χ1v) is 10.4. The minimum absolute atomic E-state index is 0.438. The SMILES string of the molecule is c1ccc(Nc2cc(N3C[C@H]4CC[C@H]3c3ccccc34)nc(C3CC3)n2)cc1. The fourth-order valence-electron chi connectivity index (χ4n) is 4.84. The van der Waals surface area contributed by atoms with Gasteiger partial charge in [0.05, 0.1) is 6.04 Å². The number of anilines is 3. The number of hydrogen-bond donors (Lipinski definition) is 1. The summed E-state index contributed by atoms with van der Waals surface area (Å²) in [5, 5.41) is 3.49. The van der Waals surface area contributed by atoms with Crippen LogP contribution in [-0.2, 0) is 0 Å². The van der Waals surface area contributed by atoms with Crippen molar-refractivity contribution in [3.8, 4) is 0 Å². The fraction of sp³-hybridized carbons (Fsp3) is 0.333. The molecule has 4 heteroatoms. The number of nitrogens with zero attached hydrogens (tertiary/aromatic N) is 3. The molecule has 1 saturated heterocycles. The number of para-hydroxylation sites is 1. The average Bonchev–Trinajstić information content (AvgIpc) is 3.60. The Morgan fingerprint density at radius 3 is 2.36 bits per heavy atom. The first-order valence-electron chi connectivity index (χ1n) is 10.4. The van der Waals surface area contributed by atoms with E-state index >= 15 is 0 Å². The van der Waals surface area contributed by atoms with Crippen LogP contribution in [0, 0.1) is 0 Å². The van der Waals surface area contributed by atoms with Crippen LogP contribution >= 0.6 is 0 Å². The largest absolute Gasteiger partial charge is 0.349 e. The summed E-state index contributed by atoms with van der Waals surface area (Å²) >= 11 is 0. The standard InChI is InChI=1S/C24H24N4/c1-2-6-18(7-3-1)25-22-14-23(27-24(26-22)16-10-11-16)28-15-17-12-13-21(28)20-9-5-4-8-19(17)20/h1-9,14,16-17,21H,10-13,15H2,(H,25,26,27)/t17-,21+/m1/s1. The van der Waals surface area contributed by atoms with Gasteiger partial charge < -0.3 is 10.2 Å². The zero-order chi connectivity index (χ0) is 18.5. The molecule has 7 rings (SSSR count). The Balaban J connectivity index is 1.39. The Bertz CT molecular complexity index is 1010. The monoisotopic (exact) mass is 368 g/mol. The Kier molecular flexibility index (Phi) is 3.64. The molecule has 2 aliphatic carbocycles. The van der Waals surface area contributed by atoms with Gasteiger partial charge in [0.15, 0.2) is 0 Å². The molecular formula is C24H24N4. The van der Waals surface area contributed by atoms with Gasteiger partial charge in [0.2, 0.25) is 0 Å². The molecule has 0 unspecified atom stereocenters. The van der Waals surface area contributed by atoms with Gasteiger partial charge in [-0.3, -0.25) is 0 Å². The third-order valence-electron chi connectivity index (χ3n) is 6.39. The predicted molar refractivity (Wildman–Crippen MR) is 112 cm³/mol. The second-order valence-corrected chi connectivity index (χ2v) is 8.31. The normalized spacial score (nSPS) is 22.8. The van der Waals surface area contributed by atoms with Crippen molar-refractivity contribution in [3.63, 3.8) is 0 Å². The maximum atomic E-state index is 5.03. The molecule has 2 fully saturated rings. The topological polar surface area (TPSA) is 41.0 Å². The van der Waals surface area contributed by atoms with Crippen LogP contribution in [0.25, 0.3) is 0 Å². The summed E-state index contributed by atoms with van der Waals surface area (Å²) in [5.74, 6) is 4.15. The molecule has 1 N–H and O–H groups in total. The van der Waals surface area contributed by atoms with Gasteiger partial charge in [-0.25, -0.2) is 9.97 Å². The number of hydrogen-bond acceptors (Lipinski definition) is 4. The van der Waals surface area contributed by atoms with Crippen LogP contribution in [0.5, 0.6) is 0 Å². The summed E-state index contributed by atoms with van der Waals surface area (Å²) in [7, 11) is 0. The Hall–Kier alpha value is -2.88. The molecular weight excluding hydrogens is 344 g/mol. The van der Waals surface area contributed by atoms with Gasteiger partial charge in [0.1, 0.15) is 17.5 Å². The molecule has 3 aromatic rings. The van der Waals surface area contributed by atoms with Crippen molar-refractivity contribution < 1.29 is 0 Å². The predicted octanol–water partition coefficient (Wildman–Crippen LogP) is 5.54. The summed E-state index contributed by atoms with van der Waals surface area (Å²) in [6.45, 7) is 1.06. The zero-order valence-electron chi connectivity index (χ0n) is 15.9.